The lowest BCUT2D eigenvalue weighted by molar-refractivity contribution is -0.383. The van der Waals surface area contributed by atoms with Crippen molar-refractivity contribution in [2.24, 2.45) is 11.1 Å². The number of nitrogens with one attached hydrogen (secondary N) is 1. The van der Waals surface area contributed by atoms with Crippen LogP contribution in [0.5, 0.6) is 0 Å². The van der Waals surface area contributed by atoms with Gasteiger partial charge >= 0.3 is 0 Å². The zero-order chi connectivity index (χ0) is 14.6. The highest BCUT2D eigenvalue weighted by Crippen LogP contribution is 2.28. The van der Waals surface area contributed by atoms with Crippen molar-refractivity contribution in [3.05, 3.63) is 33.9 Å². The van der Waals surface area contributed by atoms with Crippen LogP contribution in [-0.2, 0) is 4.79 Å². The molecule has 0 spiro atoms. The van der Waals surface area contributed by atoms with Crippen molar-refractivity contribution < 1.29 is 9.72 Å². The molecule has 0 aromatic heterocycles. The second-order valence-electron chi connectivity index (χ2n) is 4.85. The molecular weight excluding hydrogens is 246 g/mol. The van der Waals surface area contributed by atoms with Crippen LogP contribution in [0.1, 0.15) is 25.8 Å². The summed E-state index contributed by atoms with van der Waals surface area (Å²) in [4.78, 5) is 22.6. The SMILES string of the molecule is CCC(C)(CN)C(=O)Nc1cc(C)ccc1[N+](=O)[O-]. The Morgan fingerprint density at radius 2 is 2.16 bits per heavy atom. The Balaban J connectivity index is 3.08. The molecule has 0 heterocycles. The van der Waals surface area contributed by atoms with Gasteiger partial charge in [0.25, 0.3) is 5.69 Å². The number of carbonyl (C=O) groups is 1. The Morgan fingerprint density at radius 1 is 1.53 bits per heavy atom. The van der Waals surface area contributed by atoms with E-state index in [0.717, 1.165) is 5.56 Å². The Hall–Kier alpha value is -1.95. The van der Waals surface area contributed by atoms with Crippen molar-refractivity contribution in [3.63, 3.8) is 0 Å². The number of nitro groups is 1. The molecule has 1 amide bonds. The van der Waals surface area contributed by atoms with Gasteiger partial charge in [-0.2, -0.15) is 0 Å². The third kappa shape index (κ3) is 3.29. The number of hydrogen-bond acceptors (Lipinski definition) is 4. The van der Waals surface area contributed by atoms with Gasteiger partial charge in [0.2, 0.25) is 5.91 Å². The van der Waals surface area contributed by atoms with Crippen LogP contribution in [0.2, 0.25) is 0 Å². The van der Waals surface area contributed by atoms with E-state index in [2.05, 4.69) is 5.32 Å². The van der Waals surface area contributed by atoms with Crippen LogP contribution in [0.15, 0.2) is 18.2 Å². The second-order valence-corrected chi connectivity index (χ2v) is 4.85. The molecule has 0 saturated heterocycles. The summed E-state index contributed by atoms with van der Waals surface area (Å²) in [6.45, 7) is 5.59. The molecule has 0 aliphatic rings. The third-order valence-electron chi connectivity index (χ3n) is 3.38. The van der Waals surface area contributed by atoms with Crippen molar-refractivity contribution >= 4 is 17.3 Å². The fraction of sp³-hybridized carbons (Fsp3) is 0.462. The minimum atomic E-state index is -0.725. The highest BCUT2D eigenvalue weighted by atomic mass is 16.6. The first-order valence-corrected chi connectivity index (χ1v) is 6.10. The summed E-state index contributed by atoms with van der Waals surface area (Å²) in [6, 6.07) is 4.61. The molecule has 1 aromatic rings. The van der Waals surface area contributed by atoms with Crippen molar-refractivity contribution in [3.8, 4) is 0 Å². The van der Waals surface area contributed by atoms with Crippen molar-refractivity contribution in [2.45, 2.75) is 27.2 Å². The molecule has 6 heteroatoms. The summed E-state index contributed by atoms with van der Waals surface area (Å²) in [5.41, 5.74) is 5.82. The topological polar surface area (TPSA) is 98.3 Å². The maximum atomic E-state index is 12.2. The van der Waals surface area contributed by atoms with Crippen LogP contribution in [0.4, 0.5) is 11.4 Å². The number of benzene rings is 1. The average molecular weight is 265 g/mol. The normalized spacial score (nSPS) is 13.7. The van der Waals surface area contributed by atoms with Gasteiger partial charge in [-0.05, 0) is 31.9 Å². The predicted molar refractivity (Wildman–Crippen MR) is 73.9 cm³/mol. The number of hydrogen-bond donors (Lipinski definition) is 2. The van der Waals surface area contributed by atoms with E-state index < -0.39 is 10.3 Å². The van der Waals surface area contributed by atoms with Crippen molar-refractivity contribution in [1.82, 2.24) is 0 Å². The second kappa shape index (κ2) is 5.79. The monoisotopic (exact) mass is 265 g/mol. The van der Waals surface area contributed by atoms with Gasteiger partial charge in [-0.1, -0.05) is 13.0 Å². The van der Waals surface area contributed by atoms with E-state index in [4.69, 9.17) is 5.73 Å². The number of nitrogens with zero attached hydrogens (tertiary/aromatic N) is 1. The molecule has 3 N–H and O–H groups in total. The molecule has 0 radical (unpaired) electrons. The number of aryl methyl sites for hydroxylation is 1. The summed E-state index contributed by atoms with van der Waals surface area (Å²) in [7, 11) is 0. The van der Waals surface area contributed by atoms with Gasteiger partial charge in [0, 0.05) is 12.6 Å². The number of rotatable bonds is 5. The van der Waals surface area contributed by atoms with Crippen LogP contribution < -0.4 is 11.1 Å². The molecule has 0 saturated carbocycles. The summed E-state index contributed by atoms with van der Waals surface area (Å²) in [5, 5.41) is 13.5. The van der Waals surface area contributed by atoms with Gasteiger partial charge in [0.1, 0.15) is 5.69 Å². The minimum Gasteiger partial charge on any atom is -0.329 e. The predicted octanol–water partition coefficient (Wildman–Crippen LogP) is 2.22. The third-order valence-corrected chi connectivity index (χ3v) is 3.38. The van der Waals surface area contributed by atoms with Crippen molar-refractivity contribution in [1.29, 1.82) is 0 Å². The fourth-order valence-corrected chi connectivity index (χ4v) is 1.58. The lowest BCUT2D eigenvalue weighted by Crippen LogP contribution is -2.39. The van der Waals surface area contributed by atoms with Gasteiger partial charge in [0.05, 0.1) is 10.3 Å². The van der Waals surface area contributed by atoms with Crippen LogP contribution >= 0.6 is 0 Å². The lowest BCUT2D eigenvalue weighted by atomic mass is 9.86. The molecule has 1 aromatic carbocycles. The highest BCUT2D eigenvalue weighted by molar-refractivity contribution is 5.97. The first-order chi connectivity index (χ1) is 8.84. The molecule has 1 atom stereocenters. The molecule has 1 rings (SSSR count). The molecule has 1 unspecified atom stereocenters. The Bertz CT molecular complexity index is 496. The number of amides is 1. The number of nitrogens with two attached hydrogens (primary N) is 1. The minimum absolute atomic E-state index is 0.116. The van der Waals surface area contributed by atoms with E-state index in [0.29, 0.717) is 6.42 Å². The molecule has 0 aliphatic heterocycles. The first kappa shape index (κ1) is 15.1. The Morgan fingerprint density at radius 3 is 2.63 bits per heavy atom. The highest BCUT2D eigenvalue weighted by Gasteiger charge is 2.31. The Kier molecular flexibility index (Phi) is 4.61. The van der Waals surface area contributed by atoms with Crippen LogP contribution in [0.25, 0.3) is 0 Å². The average Bonchev–Trinajstić information content (AvgIpc) is 2.37. The first-order valence-electron chi connectivity index (χ1n) is 6.10. The summed E-state index contributed by atoms with van der Waals surface area (Å²) in [6.07, 6.45) is 0.564. The molecule has 0 fully saturated rings. The van der Waals surface area contributed by atoms with Gasteiger partial charge < -0.3 is 11.1 Å². The molecule has 19 heavy (non-hydrogen) atoms. The van der Waals surface area contributed by atoms with Gasteiger partial charge in [-0.25, -0.2) is 0 Å². The number of nitro benzene ring substituents is 1. The van der Waals surface area contributed by atoms with Gasteiger partial charge in [-0.15, -0.1) is 0 Å². The lowest BCUT2D eigenvalue weighted by Gasteiger charge is -2.24. The van der Waals surface area contributed by atoms with E-state index >= 15 is 0 Å². The van der Waals surface area contributed by atoms with E-state index in [1.807, 2.05) is 6.92 Å². The zero-order valence-electron chi connectivity index (χ0n) is 11.4. The van der Waals surface area contributed by atoms with Crippen LogP contribution in [0, 0.1) is 22.5 Å². The van der Waals surface area contributed by atoms with Crippen molar-refractivity contribution in [2.75, 3.05) is 11.9 Å². The van der Waals surface area contributed by atoms with Gasteiger partial charge in [0.15, 0.2) is 0 Å². The van der Waals surface area contributed by atoms with Crippen LogP contribution in [0.3, 0.4) is 0 Å². The molecule has 104 valence electrons. The molecule has 0 bridgehead atoms. The van der Waals surface area contributed by atoms with E-state index in [9.17, 15) is 14.9 Å². The quantitative estimate of drug-likeness (QED) is 0.630. The summed E-state index contributed by atoms with van der Waals surface area (Å²) < 4.78 is 0. The zero-order valence-corrected chi connectivity index (χ0v) is 11.4. The van der Waals surface area contributed by atoms with E-state index in [-0.39, 0.29) is 23.8 Å². The van der Waals surface area contributed by atoms with Gasteiger partial charge in [-0.3, -0.25) is 14.9 Å². The Labute approximate surface area is 112 Å². The maximum absolute atomic E-state index is 12.2. The van der Waals surface area contributed by atoms with E-state index in [1.165, 1.54) is 6.07 Å². The smallest absolute Gasteiger partial charge is 0.292 e. The molecule has 6 nitrogen and oxygen atoms in total. The summed E-state index contributed by atoms with van der Waals surface area (Å²) >= 11 is 0. The number of carbonyl (C=O) groups excluding carboxylic acids is 1. The van der Waals surface area contributed by atoms with Crippen LogP contribution in [-0.4, -0.2) is 17.4 Å². The largest absolute Gasteiger partial charge is 0.329 e. The van der Waals surface area contributed by atoms with E-state index in [1.54, 1.807) is 26.0 Å². The standard InChI is InChI=1S/C13H19N3O3/c1-4-13(3,8-14)12(17)15-10-7-9(2)5-6-11(10)16(18)19/h5-7H,4,8,14H2,1-3H3,(H,15,17). The summed E-state index contributed by atoms with van der Waals surface area (Å²) in [5.74, 6) is -0.300. The molecular formula is C13H19N3O3. The molecule has 0 aliphatic carbocycles. The maximum Gasteiger partial charge on any atom is 0.292 e. The number of anilines is 1. The fourth-order valence-electron chi connectivity index (χ4n) is 1.58.